The van der Waals surface area contributed by atoms with Gasteiger partial charge in [-0.25, -0.2) is 0 Å². The Morgan fingerprint density at radius 3 is 2.32 bits per heavy atom. The van der Waals surface area contributed by atoms with Gasteiger partial charge in [0, 0.05) is 45.0 Å². The first kappa shape index (κ1) is 14.3. The van der Waals surface area contributed by atoms with Gasteiger partial charge in [0.05, 0.1) is 6.10 Å². The van der Waals surface area contributed by atoms with Gasteiger partial charge in [-0.3, -0.25) is 0 Å². The molecule has 1 unspecified atom stereocenters. The highest BCUT2D eigenvalue weighted by Crippen LogP contribution is 2.41. The molecular weight excluding hydrogens is 240 g/mol. The number of aliphatic hydroxyl groups excluding tert-OH is 1. The molecule has 0 aliphatic carbocycles. The number of benzene rings is 1. The van der Waals surface area contributed by atoms with Crippen LogP contribution in [-0.2, 0) is 4.74 Å². The van der Waals surface area contributed by atoms with Crippen molar-refractivity contribution in [3.63, 3.8) is 0 Å². The Morgan fingerprint density at radius 1 is 1.26 bits per heavy atom. The zero-order valence-electron chi connectivity index (χ0n) is 11.8. The fourth-order valence-corrected chi connectivity index (χ4v) is 2.68. The Balaban J connectivity index is 2.19. The molecule has 4 heteroatoms. The molecule has 3 N–H and O–H groups in total. The van der Waals surface area contributed by atoms with Gasteiger partial charge in [-0.15, -0.1) is 0 Å². The minimum atomic E-state index is -0.516. The van der Waals surface area contributed by atoms with Gasteiger partial charge in [0.15, 0.2) is 0 Å². The topological polar surface area (TPSA) is 58.7 Å². The zero-order valence-corrected chi connectivity index (χ0v) is 11.8. The number of anilines is 1. The first-order valence-electron chi connectivity index (χ1n) is 6.82. The van der Waals surface area contributed by atoms with Gasteiger partial charge in [0.25, 0.3) is 0 Å². The van der Waals surface area contributed by atoms with Gasteiger partial charge in [0.1, 0.15) is 0 Å². The van der Waals surface area contributed by atoms with Crippen molar-refractivity contribution in [1.29, 1.82) is 0 Å². The van der Waals surface area contributed by atoms with Crippen molar-refractivity contribution < 1.29 is 9.84 Å². The predicted molar refractivity (Wildman–Crippen MR) is 77.3 cm³/mol. The molecule has 0 bridgehead atoms. The molecule has 0 aromatic heterocycles. The highest BCUT2D eigenvalue weighted by atomic mass is 16.5. The molecule has 1 fully saturated rings. The molecule has 1 aliphatic heterocycles. The summed E-state index contributed by atoms with van der Waals surface area (Å²) in [5, 5.41) is 10.7. The molecule has 1 aromatic rings. The van der Waals surface area contributed by atoms with Crippen molar-refractivity contribution in [3.8, 4) is 0 Å². The van der Waals surface area contributed by atoms with E-state index < -0.39 is 6.10 Å². The van der Waals surface area contributed by atoms with Crippen LogP contribution in [-0.4, -0.2) is 39.0 Å². The van der Waals surface area contributed by atoms with Gasteiger partial charge >= 0.3 is 0 Å². The van der Waals surface area contributed by atoms with Gasteiger partial charge in [-0.1, -0.05) is 12.1 Å². The molecule has 1 aliphatic rings. The Morgan fingerprint density at radius 2 is 1.84 bits per heavy atom. The number of hydrogen-bond donors (Lipinski definition) is 2. The maximum absolute atomic E-state index is 10.7. The maximum Gasteiger partial charge on any atom is 0.0860 e. The van der Waals surface area contributed by atoms with Crippen molar-refractivity contribution in [1.82, 2.24) is 0 Å². The Bertz CT molecular complexity index is 397. The molecule has 1 saturated heterocycles. The molecule has 0 saturated carbocycles. The summed E-state index contributed by atoms with van der Waals surface area (Å²) in [5.41, 5.74) is 7.76. The average Bonchev–Trinajstić information content (AvgIpc) is 2.47. The molecule has 0 radical (unpaired) electrons. The summed E-state index contributed by atoms with van der Waals surface area (Å²) in [6, 6.07) is 8.05. The van der Waals surface area contributed by atoms with E-state index in [9.17, 15) is 5.11 Å². The van der Waals surface area contributed by atoms with Crippen LogP contribution < -0.4 is 10.6 Å². The fourth-order valence-electron chi connectivity index (χ4n) is 2.68. The lowest BCUT2D eigenvalue weighted by molar-refractivity contribution is -0.0581. The third-order valence-electron chi connectivity index (χ3n) is 4.20. The van der Waals surface area contributed by atoms with Crippen LogP contribution in [0.15, 0.2) is 24.3 Å². The Hall–Kier alpha value is -1.10. The minimum Gasteiger partial charge on any atom is -0.388 e. The molecule has 0 amide bonds. The van der Waals surface area contributed by atoms with E-state index in [4.69, 9.17) is 10.5 Å². The van der Waals surface area contributed by atoms with Crippen molar-refractivity contribution in [2.45, 2.75) is 18.9 Å². The lowest BCUT2D eigenvalue weighted by atomic mass is 9.73. The second kappa shape index (κ2) is 5.90. The third-order valence-corrected chi connectivity index (χ3v) is 4.20. The summed E-state index contributed by atoms with van der Waals surface area (Å²) in [5.74, 6) is 0. The maximum atomic E-state index is 10.7. The zero-order chi connectivity index (χ0) is 13.9. The summed E-state index contributed by atoms with van der Waals surface area (Å²) in [6.45, 7) is 1.86. The third kappa shape index (κ3) is 2.91. The van der Waals surface area contributed by atoms with Gasteiger partial charge < -0.3 is 20.5 Å². The normalized spacial score (nSPS) is 20.0. The highest BCUT2D eigenvalue weighted by Gasteiger charge is 2.39. The van der Waals surface area contributed by atoms with Crippen LogP contribution in [0.5, 0.6) is 0 Å². The molecule has 4 nitrogen and oxygen atoms in total. The van der Waals surface area contributed by atoms with E-state index >= 15 is 0 Å². The Kier molecular flexibility index (Phi) is 4.45. The number of aliphatic hydroxyl groups is 1. The lowest BCUT2D eigenvalue weighted by Gasteiger charge is -2.40. The van der Waals surface area contributed by atoms with Crippen LogP contribution in [0.25, 0.3) is 0 Å². The average molecular weight is 264 g/mol. The summed E-state index contributed by atoms with van der Waals surface area (Å²) >= 11 is 0. The van der Waals surface area contributed by atoms with Crippen LogP contribution in [0.1, 0.15) is 24.5 Å². The van der Waals surface area contributed by atoms with E-state index in [1.165, 1.54) is 0 Å². The largest absolute Gasteiger partial charge is 0.388 e. The number of nitrogens with two attached hydrogens (primary N) is 1. The van der Waals surface area contributed by atoms with Crippen LogP contribution in [0.4, 0.5) is 5.69 Å². The first-order chi connectivity index (χ1) is 9.09. The molecule has 19 heavy (non-hydrogen) atoms. The molecular formula is C15H24N2O2. The van der Waals surface area contributed by atoms with E-state index in [1.807, 2.05) is 43.3 Å². The van der Waals surface area contributed by atoms with Gasteiger partial charge in [-0.2, -0.15) is 0 Å². The SMILES string of the molecule is CN(C)c1ccc(C(O)C2(CN)CCOCC2)cc1. The standard InChI is InChI=1S/C15H24N2O2/c1-17(2)13-5-3-12(4-6-13)14(18)15(11-16)7-9-19-10-8-15/h3-6,14,18H,7-11,16H2,1-2H3. The van der Waals surface area contributed by atoms with Crippen LogP contribution >= 0.6 is 0 Å². The smallest absolute Gasteiger partial charge is 0.0860 e. The fraction of sp³-hybridized carbons (Fsp3) is 0.600. The second-order valence-electron chi connectivity index (χ2n) is 5.57. The van der Waals surface area contributed by atoms with E-state index in [2.05, 4.69) is 0 Å². The monoisotopic (exact) mass is 264 g/mol. The Labute approximate surface area is 115 Å². The van der Waals surface area contributed by atoms with Crippen molar-refractivity contribution in [2.75, 3.05) is 38.8 Å². The molecule has 106 valence electrons. The number of rotatable bonds is 4. The quantitative estimate of drug-likeness (QED) is 0.866. The first-order valence-corrected chi connectivity index (χ1v) is 6.82. The predicted octanol–water partition coefficient (Wildman–Crippen LogP) is 1.54. The van der Waals surface area contributed by atoms with E-state index in [-0.39, 0.29) is 5.41 Å². The number of ether oxygens (including phenoxy) is 1. The van der Waals surface area contributed by atoms with Gasteiger partial charge in [0.2, 0.25) is 0 Å². The lowest BCUT2D eigenvalue weighted by Crippen LogP contribution is -2.41. The van der Waals surface area contributed by atoms with Crippen molar-refractivity contribution in [3.05, 3.63) is 29.8 Å². The van der Waals surface area contributed by atoms with E-state index in [0.29, 0.717) is 19.8 Å². The highest BCUT2D eigenvalue weighted by molar-refractivity contribution is 5.46. The molecule has 0 spiro atoms. The second-order valence-corrected chi connectivity index (χ2v) is 5.57. The molecule has 1 heterocycles. The van der Waals surface area contributed by atoms with E-state index in [1.54, 1.807) is 0 Å². The van der Waals surface area contributed by atoms with Crippen LogP contribution in [0, 0.1) is 5.41 Å². The molecule has 1 atom stereocenters. The van der Waals surface area contributed by atoms with Crippen LogP contribution in [0.2, 0.25) is 0 Å². The molecule has 2 rings (SSSR count). The minimum absolute atomic E-state index is 0.238. The number of nitrogens with zero attached hydrogens (tertiary/aromatic N) is 1. The summed E-state index contributed by atoms with van der Waals surface area (Å²) in [4.78, 5) is 2.04. The van der Waals surface area contributed by atoms with Crippen molar-refractivity contribution >= 4 is 5.69 Å². The van der Waals surface area contributed by atoms with Crippen LogP contribution in [0.3, 0.4) is 0 Å². The summed E-state index contributed by atoms with van der Waals surface area (Å²) in [7, 11) is 4.01. The summed E-state index contributed by atoms with van der Waals surface area (Å²) in [6.07, 6.45) is 1.12. The van der Waals surface area contributed by atoms with Gasteiger partial charge in [-0.05, 0) is 30.5 Å². The number of hydrogen-bond acceptors (Lipinski definition) is 4. The summed E-state index contributed by atoms with van der Waals surface area (Å²) < 4.78 is 5.39. The molecule has 1 aromatic carbocycles. The van der Waals surface area contributed by atoms with E-state index in [0.717, 1.165) is 24.1 Å². The van der Waals surface area contributed by atoms with Crippen molar-refractivity contribution in [2.24, 2.45) is 11.1 Å².